The Hall–Kier alpha value is 1.18. The molecule has 0 aliphatic heterocycles. The van der Waals surface area contributed by atoms with Gasteiger partial charge in [-0.1, -0.05) is 14.6 Å². The second-order valence-electron chi connectivity index (χ2n) is 4.57. The molecule has 1 saturated carbocycles. The molecule has 9 heteroatoms. The highest BCUT2D eigenvalue weighted by atomic mass is 32.7. The number of methoxy groups -OCH3 is 1. The van der Waals surface area contributed by atoms with E-state index >= 15 is 0 Å². The molecule has 4 radical (unpaired) electrons. The van der Waals surface area contributed by atoms with Gasteiger partial charge < -0.3 is 18.2 Å². The van der Waals surface area contributed by atoms with Gasteiger partial charge in [-0.3, -0.25) is 0 Å². The van der Waals surface area contributed by atoms with E-state index in [2.05, 4.69) is 6.92 Å². The van der Waals surface area contributed by atoms with Crippen molar-refractivity contribution in [2.75, 3.05) is 27.2 Å². The number of ether oxygens (including phenoxy) is 2. The van der Waals surface area contributed by atoms with Crippen molar-refractivity contribution >= 4 is 42.5 Å². The van der Waals surface area contributed by atoms with Crippen LogP contribution in [-0.4, -0.2) is 54.5 Å². The maximum absolute atomic E-state index is 5.85. The first-order valence-corrected chi connectivity index (χ1v) is 10.4. The SMILES string of the molecule is [B]PSOCC1CC(OCOC)C(OP([B])C)C1C. The maximum Gasteiger partial charge on any atom is 0.148 e. The van der Waals surface area contributed by atoms with Gasteiger partial charge in [-0.15, -0.1) is 0 Å². The van der Waals surface area contributed by atoms with Crippen molar-refractivity contribution < 1.29 is 18.2 Å². The molecule has 0 saturated heterocycles. The summed E-state index contributed by atoms with van der Waals surface area (Å²) in [6.45, 7) is 4.98. The molecule has 1 fully saturated rings. The minimum atomic E-state index is -0.900. The first-order chi connectivity index (χ1) is 9.10. The first kappa shape index (κ1) is 18.2. The van der Waals surface area contributed by atoms with Crippen molar-refractivity contribution in [2.24, 2.45) is 11.8 Å². The number of hydrogen-bond acceptors (Lipinski definition) is 5. The summed E-state index contributed by atoms with van der Waals surface area (Å²) >= 11 is 1.31. The molecular weight excluding hydrogens is 300 g/mol. The lowest BCUT2D eigenvalue weighted by molar-refractivity contribution is -0.0984. The van der Waals surface area contributed by atoms with Gasteiger partial charge in [-0.25, -0.2) is 0 Å². The van der Waals surface area contributed by atoms with E-state index in [1.807, 2.05) is 6.66 Å². The molecule has 0 bridgehead atoms. The Kier molecular flexibility index (Phi) is 9.59. The Labute approximate surface area is 125 Å². The highest BCUT2D eigenvalue weighted by Gasteiger charge is 2.42. The van der Waals surface area contributed by atoms with Gasteiger partial charge >= 0.3 is 0 Å². The van der Waals surface area contributed by atoms with Crippen LogP contribution in [0.1, 0.15) is 13.3 Å². The molecule has 0 aromatic rings. The van der Waals surface area contributed by atoms with Crippen LogP contribution >= 0.6 is 27.4 Å². The van der Waals surface area contributed by atoms with E-state index in [1.54, 1.807) is 7.11 Å². The molecule has 6 atom stereocenters. The number of hydrogen-bond donors (Lipinski definition) is 0. The largest absolute Gasteiger partial charge is 0.364 e. The van der Waals surface area contributed by atoms with Crippen LogP contribution in [0, 0.1) is 11.8 Å². The standard InChI is InChI=1S/C10H20B2O4P2S/c1-7-8(5-15-19-17-11)4-9(14-6-13-2)10(7)16-18(3)12/h7-10,17H,4-6H2,1-3H3. The highest BCUT2D eigenvalue weighted by molar-refractivity contribution is 8.53. The summed E-state index contributed by atoms with van der Waals surface area (Å²) in [5.74, 6) is 0.739. The maximum atomic E-state index is 5.85. The van der Waals surface area contributed by atoms with Gasteiger partial charge in [0.15, 0.2) is 0 Å². The molecule has 4 nitrogen and oxygen atoms in total. The molecule has 19 heavy (non-hydrogen) atoms. The molecule has 0 spiro atoms. The molecule has 0 N–H and O–H groups in total. The molecule has 0 heterocycles. The quantitative estimate of drug-likeness (QED) is 0.214. The number of rotatable bonds is 9. The third-order valence-corrected chi connectivity index (χ3v) is 4.81. The van der Waals surface area contributed by atoms with Gasteiger partial charge in [0.1, 0.15) is 21.9 Å². The molecule has 0 amide bonds. The van der Waals surface area contributed by atoms with Gasteiger partial charge in [0.2, 0.25) is 0 Å². The average Bonchev–Trinajstić information content (AvgIpc) is 2.65. The first-order valence-electron chi connectivity index (χ1n) is 6.10. The highest BCUT2D eigenvalue weighted by Crippen LogP contribution is 2.42. The van der Waals surface area contributed by atoms with E-state index < -0.39 is 8.03 Å². The smallest absolute Gasteiger partial charge is 0.148 e. The van der Waals surface area contributed by atoms with Gasteiger partial charge in [-0.2, -0.15) is 0 Å². The lowest BCUT2D eigenvalue weighted by Crippen LogP contribution is -2.29. The van der Waals surface area contributed by atoms with Crippen LogP contribution < -0.4 is 0 Å². The van der Waals surface area contributed by atoms with E-state index in [9.17, 15) is 0 Å². The monoisotopic (exact) mass is 320 g/mol. The molecule has 6 unspecified atom stereocenters. The van der Waals surface area contributed by atoms with Gasteiger partial charge in [0.05, 0.1) is 18.8 Å². The fourth-order valence-corrected chi connectivity index (χ4v) is 3.73. The second-order valence-corrected chi connectivity index (χ2v) is 7.72. The zero-order valence-electron chi connectivity index (χ0n) is 11.6. The van der Waals surface area contributed by atoms with Crippen LogP contribution in [0.25, 0.3) is 0 Å². The Balaban J connectivity index is 2.52. The van der Waals surface area contributed by atoms with E-state index in [0.717, 1.165) is 6.42 Å². The van der Waals surface area contributed by atoms with Crippen LogP contribution in [0.2, 0.25) is 0 Å². The minimum Gasteiger partial charge on any atom is -0.364 e. The van der Waals surface area contributed by atoms with E-state index in [-0.39, 0.29) is 26.7 Å². The predicted molar refractivity (Wildman–Crippen MR) is 85.1 cm³/mol. The lowest BCUT2D eigenvalue weighted by atomic mass is 9.98. The summed E-state index contributed by atoms with van der Waals surface area (Å²) < 4.78 is 22.0. The third-order valence-electron chi connectivity index (χ3n) is 3.24. The van der Waals surface area contributed by atoms with Crippen molar-refractivity contribution in [1.29, 1.82) is 0 Å². The Bertz CT molecular complexity index is 254. The Morgan fingerprint density at radius 3 is 2.79 bits per heavy atom. The summed E-state index contributed by atoms with van der Waals surface area (Å²) in [6.07, 6.45) is 0.921. The molecule has 1 rings (SSSR count). The minimum absolute atomic E-state index is 0.00943. The average molecular weight is 320 g/mol. The van der Waals surface area contributed by atoms with Gasteiger partial charge in [-0.05, 0) is 32.9 Å². The topological polar surface area (TPSA) is 36.9 Å². The van der Waals surface area contributed by atoms with Crippen molar-refractivity contribution in [3.05, 3.63) is 0 Å². The summed E-state index contributed by atoms with van der Waals surface area (Å²) in [5, 5.41) is 0. The molecule has 106 valence electrons. The fourth-order valence-electron chi connectivity index (χ4n) is 2.30. The van der Waals surface area contributed by atoms with Gasteiger partial charge in [0, 0.05) is 18.8 Å². The zero-order valence-corrected chi connectivity index (χ0v) is 14.3. The molecule has 1 aliphatic carbocycles. The van der Waals surface area contributed by atoms with Crippen LogP contribution in [0.15, 0.2) is 0 Å². The van der Waals surface area contributed by atoms with E-state index in [0.29, 0.717) is 18.4 Å². The Morgan fingerprint density at radius 1 is 1.47 bits per heavy atom. The van der Waals surface area contributed by atoms with Crippen LogP contribution in [0.5, 0.6) is 0 Å². The van der Waals surface area contributed by atoms with Crippen LogP contribution in [0.4, 0.5) is 0 Å². The normalized spacial score (nSPS) is 33.2. The van der Waals surface area contributed by atoms with Crippen molar-refractivity contribution in [2.45, 2.75) is 25.6 Å². The van der Waals surface area contributed by atoms with E-state index in [4.69, 9.17) is 33.3 Å². The van der Waals surface area contributed by atoms with Crippen molar-refractivity contribution in [1.82, 2.24) is 0 Å². The van der Waals surface area contributed by atoms with Crippen LogP contribution in [-0.2, 0) is 18.2 Å². The Morgan fingerprint density at radius 2 is 2.21 bits per heavy atom. The summed E-state index contributed by atoms with van der Waals surface area (Å²) in [4.78, 5) is 0. The third kappa shape index (κ3) is 6.22. The van der Waals surface area contributed by atoms with Crippen molar-refractivity contribution in [3.8, 4) is 0 Å². The second kappa shape index (κ2) is 10.00. The summed E-state index contributed by atoms with van der Waals surface area (Å²) in [6, 6.07) is 0. The zero-order chi connectivity index (χ0) is 14.3. The van der Waals surface area contributed by atoms with Gasteiger partial charge in [0.25, 0.3) is 0 Å². The lowest BCUT2D eigenvalue weighted by Gasteiger charge is -2.26. The summed E-state index contributed by atoms with van der Waals surface area (Å²) in [7, 11) is 12.2. The van der Waals surface area contributed by atoms with Crippen molar-refractivity contribution in [3.63, 3.8) is 0 Å². The fraction of sp³-hybridized carbons (Fsp3) is 1.00. The van der Waals surface area contributed by atoms with E-state index in [1.165, 1.54) is 11.7 Å². The molecule has 1 aliphatic rings. The molecule has 0 aromatic heterocycles. The molecule has 0 aromatic carbocycles. The van der Waals surface area contributed by atoms with Crippen LogP contribution in [0.3, 0.4) is 0 Å². The summed E-state index contributed by atoms with van der Waals surface area (Å²) in [5.41, 5.74) is 0. The predicted octanol–water partition coefficient (Wildman–Crippen LogP) is 2.47. The molecular formula is C10H20B2O4P2S.